The molecule has 0 aliphatic heterocycles. The van der Waals surface area contributed by atoms with E-state index >= 15 is 0 Å². The van der Waals surface area contributed by atoms with Gasteiger partial charge in [0, 0.05) is 26.6 Å². The molecule has 3 nitrogen and oxygen atoms in total. The Morgan fingerprint density at radius 2 is 2.31 bits per heavy atom. The lowest BCUT2D eigenvalue weighted by Crippen LogP contribution is -2.28. The van der Waals surface area contributed by atoms with Crippen LogP contribution in [0.15, 0.2) is 34.2 Å². The molecule has 2 aromatic rings. The molecule has 84 valence electrons. The highest BCUT2D eigenvalue weighted by Crippen LogP contribution is 2.29. The molecule has 16 heavy (non-hydrogen) atoms. The number of thiophene rings is 1. The van der Waals surface area contributed by atoms with E-state index in [1.165, 1.54) is 4.88 Å². The van der Waals surface area contributed by atoms with Crippen molar-refractivity contribution in [3.63, 3.8) is 0 Å². The van der Waals surface area contributed by atoms with Gasteiger partial charge < -0.3 is 0 Å². The zero-order valence-corrected chi connectivity index (χ0v) is 11.2. The molecule has 0 saturated carbocycles. The molecule has 2 rings (SSSR count). The van der Waals surface area contributed by atoms with Crippen LogP contribution in [-0.2, 0) is 0 Å². The van der Waals surface area contributed by atoms with Crippen molar-refractivity contribution in [1.29, 1.82) is 0 Å². The monoisotopic (exact) mass is 297 g/mol. The maximum absolute atomic E-state index is 5.60. The number of aromatic nitrogens is 1. The van der Waals surface area contributed by atoms with Crippen molar-refractivity contribution in [1.82, 2.24) is 10.4 Å². The Balaban J connectivity index is 2.32. The Morgan fingerprint density at radius 1 is 1.50 bits per heavy atom. The van der Waals surface area contributed by atoms with Crippen molar-refractivity contribution in [3.05, 3.63) is 50.4 Å². The average molecular weight is 298 g/mol. The van der Waals surface area contributed by atoms with E-state index in [0.29, 0.717) is 0 Å². The Kier molecular flexibility index (Phi) is 3.70. The maximum atomic E-state index is 5.60. The number of rotatable bonds is 3. The van der Waals surface area contributed by atoms with Gasteiger partial charge in [0.25, 0.3) is 0 Å². The summed E-state index contributed by atoms with van der Waals surface area (Å²) >= 11 is 5.10. The number of hydrogen-bond donors (Lipinski definition) is 2. The molecule has 2 heterocycles. The Bertz CT molecular complexity index is 466. The molecule has 0 spiro atoms. The fraction of sp³-hybridized carbons (Fsp3) is 0.182. The van der Waals surface area contributed by atoms with Crippen LogP contribution < -0.4 is 11.3 Å². The van der Waals surface area contributed by atoms with E-state index in [1.54, 1.807) is 11.3 Å². The van der Waals surface area contributed by atoms with Gasteiger partial charge in [0.2, 0.25) is 0 Å². The predicted molar refractivity (Wildman–Crippen MR) is 70.2 cm³/mol. The lowest BCUT2D eigenvalue weighted by atomic mass is 10.1. The van der Waals surface area contributed by atoms with Crippen molar-refractivity contribution >= 4 is 27.3 Å². The first-order valence-electron chi connectivity index (χ1n) is 4.83. The Hall–Kier alpha value is -0.750. The van der Waals surface area contributed by atoms with Gasteiger partial charge in [0.05, 0.1) is 6.04 Å². The minimum Gasteiger partial charge on any atom is -0.271 e. The fourth-order valence-corrected chi connectivity index (χ4v) is 3.00. The van der Waals surface area contributed by atoms with E-state index in [9.17, 15) is 0 Å². The van der Waals surface area contributed by atoms with Crippen LogP contribution in [0.2, 0.25) is 0 Å². The van der Waals surface area contributed by atoms with Gasteiger partial charge in [0.15, 0.2) is 0 Å². The summed E-state index contributed by atoms with van der Waals surface area (Å²) in [7, 11) is 0. The molecule has 0 radical (unpaired) electrons. The number of nitrogens with one attached hydrogen (secondary N) is 1. The molecular formula is C11H12BrN3S. The molecule has 5 heteroatoms. The van der Waals surface area contributed by atoms with Gasteiger partial charge >= 0.3 is 0 Å². The number of aryl methyl sites for hydroxylation is 1. The van der Waals surface area contributed by atoms with Crippen molar-refractivity contribution in [2.24, 2.45) is 5.84 Å². The summed E-state index contributed by atoms with van der Waals surface area (Å²) in [6, 6.07) is 6.10. The normalized spacial score (nSPS) is 12.7. The van der Waals surface area contributed by atoms with Gasteiger partial charge in [-0.25, -0.2) is 5.43 Å². The zero-order valence-electron chi connectivity index (χ0n) is 8.77. The van der Waals surface area contributed by atoms with Crippen molar-refractivity contribution in [3.8, 4) is 0 Å². The van der Waals surface area contributed by atoms with Crippen molar-refractivity contribution in [2.75, 3.05) is 0 Å². The average Bonchev–Trinajstić information content (AvgIpc) is 2.69. The summed E-state index contributed by atoms with van der Waals surface area (Å²) in [5.41, 5.74) is 4.90. The zero-order chi connectivity index (χ0) is 11.5. The van der Waals surface area contributed by atoms with Gasteiger partial charge in [0.1, 0.15) is 0 Å². The molecule has 0 bridgehead atoms. The number of nitrogens with two attached hydrogens (primary N) is 1. The van der Waals surface area contributed by atoms with Gasteiger partial charge in [-0.15, -0.1) is 11.3 Å². The van der Waals surface area contributed by atoms with E-state index < -0.39 is 0 Å². The maximum Gasteiger partial charge on any atom is 0.0817 e. The largest absolute Gasteiger partial charge is 0.271 e. The highest BCUT2D eigenvalue weighted by molar-refractivity contribution is 9.10. The number of halogens is 1. The minimum absolute atomic E-state index is 0.00407. The van der Waals surface area contributed by atoms with Crippen LogP contribution >= 0.6 is 27.3 Å². The Labute approximate surface area is 107 Å². The molecule has 0 saturated heterocycles. The first-order valence-corrected chi connectivity index (χ1v) is 6.50. The number of pyridine rings is 1. The van der Waals surface area contributed by atoms with E-state index in [1.807, 2.05) is 30.6 Å². The molecular weight excluding hydrogens is 286 g/mol. The van der Waals surface area contributed by atoms with Crippen LogP contribution in [0.25, 0.3) is 0 Å². The lowest BCUT2D eigenvalue weighted by molar-refractivity contribution is 0.643. The van der Waals surface area contributed by atoms with Gasteiger partial charge in [-0.3, -0.25) is 10.8 Å². The molecule has 0 aromatic carbocycles. The molecule has 1 atom stereocenters. The van der Waals surface area contributed by atoms with Crippen LogP contribution in [0.3, 0.4) is 0 Å². The van der Waals surface area contributed by atoms with Gasteiger partial charge in [-0.2, -0.15) is 0 Å². The number of nitrogens with zero attached hydrogens (tertiary/aromatic N) is 1. The fourth-order valence-electron chi connectivity index (χ4n) is 1.47. The smallest absolute Gasteiger partial charge is 0.0817 e. The SMILES string of the molecule is Cc1ccc(C(NN)c2cc(Br)cs2)cn1. The summed E-state index contributed by atoms with van der Waals surface area (Å²) in [4.78, 5) is 5.44. The third kappa shape index (κ3) is 2.49. The molecule has 3 N–H and O–H groups in total. The molecule has 0 aliphatic carbocycles. The quantitative estimate of drug-likeness (QED) is 0.677. The third-order valence-corrected chi connectivity index (χ3v) is 4.06. The molecule has 2 aromatic heterocycles. The molecule has 1 unspecified atom stereocenters. The topological polar surface area (TPSA) is 50.9 Å². The first-order chi connectivity index (χ1) is 7.70. The first kappa shape index (κ1) is 11.7. The summed E-state index contributed by atoms with van der Waals surface area (Å²) in [6.07, 6.45) is 1.85. The van der Waals surface area contributed by atoms with Crippen LogP contribution in [-0.4, -0.2) is 4.98 Å². The second kappa shape index (κ2) is 5.05. The predicted octanol–water partition coefficient (Wildman–Crippen LogP) is 2.77. The molecule has 0 fully saturated rings. The van der Waals surface area contributed by atoms with Crippen LogP contribution in [0.5, 0.6) is 0 Å². The lowest BCUT2D eigenvalue weighted by Gasteiger charge is -2.14. The van der Waals surface area contributed by atoms with Gasteiger partial charge in [-0.05, 0) is 40.5 Å². The summed E-state index contributed by atoms with van der Waals surface area (Å²) in [6.45, 7) is 1.97. The van der Waals surface area contributed by atoms with Crippen LogP contribution in [0.1, 0.15) is 22.2 Å². The van der Waals surface area contributed by atoms with Gasteiger partial charge in [-0.1, -0.05) is 6.07 Å². The summed E-state index contributed by atoms with van der Waals surface area (Å²) in [5.74, 6) is 5.60. The van der Waals surface area contributed by atoms with E-state index in [2.05, 4.69) is 32.4 Å². The standard InChI is InChI=1S/C11H12BrN3S/c1-7-2-3-8(5-14-7)11(15-13)10-4-9(12)6-16-10/h2-6,11,15H,13H2,1H3. The second-order valence-electron chi connectivity index (χ2n) is 3.50. The van der Waals surface area contributed by atoms with E-state index in [0.717, 1.165) is 15.7 Å². The Morgan fingerprint density at radius 3 is 2.81 bits per heavy atom. The second-order valence-corrected chi connectivity index (χ2v) is 5.36. The van der Waals surface area contributed by atoms with E-state index in [-0.39, 0.29) is 6.04 Å². The number of hydrazine groups is 1. The van der Waals surface area contributed by atoms with Crippen molar-refractivity contribution < 1.29 is 0 Å². The van der Waals surface area contributed by atoms with Crippen LogP contribution in [0, 0.1) is 6.92 Å². The summed E-state index contributed by atoms with van der Waals surface area (Å²) in [5, 5.41) is 2.04. The number of hydrogen-bond acceptors (Lipinski definition) is 4. The highest BCUT2D eigenvalue weighted by atomic mass is 79.9. The summed E-state index contributed by atoms with van der Waals surface area (Å²) < 4.78 is 1.08. The molecule has 0 amide bonds. The minimum atomic E-state index is 0.00407. The van der Waals surface area contributed by atoms with Crippen molar-refractivity contribution in [2.45, 2.75) is 13.0 Å². The van der Waals surface area contributed by atoms with Crippen LogP contribution in [0.4, 0.5) is 0 Å². The third-order valence-electron chi connectivity index (χ3n) is 2.31. The highest BCUT2D eigenvalue weighted by Gasteiger charge is 2.14. The van der Waals surface area contributed by atoms with E-state index in [4.69, 9.17) is 5.84 Å². The molecule has 0 aliphatic rings.